The lowest BCUT2D eigenvalue weighted by molar-refractivity contribution is -0.142. The smallest absolute Gasteiger partial charge is 0.326 e. The van der Waals surface area contributed by atoms with E-state index >= 15 is 0 Å². The summed E-state index contributed by atoms with van der Waals surface area (Å²) in [5.41, 5.74) is 1.33. The summed E-state index contributed by atoms with van der Waals surface area (Å²) in [7, 11) is 0. The van der Waals surface area contributed by atoms with Crippen LogP contribution < -0.4 is 5.32 Å². The SMILES string of the molecule is CC(C)C[C@H](NC(=O)Cc1csc(-c2ccc(F)cc2)n1)C(=O)O. The fourth-order valence-corrected chi connectivity index (χ4v) is 3.04. The summed E-state index contributed by atoms with van der Waals surface area (Å²) >= 11 is 1.36. The van der Waals surface area contributed by atoms with Crippen LogP contribution in [0.1, 0.15) is 26.0 Å². The number of rotatable bonds is 7. The highest BCUT2D eigenvalue weighted by atomic mass is 32.1. The molecule has 0 aliphatic carbocycles. The van der Waals surface area contributed by atoms with Crippen molar-refractivity contribution in [3.05, 3.63) is 41.2 Å². The zero-order chi connectivity index (χ0) is 17.7. The molecule has 1 atom stereocenters. The Balaban J connectivity index is 1.99. The van der Waals surface area contributed by atoms with Crippen molar-refractivity contribution in [1.29, 1.82) is 0 Å². The van der Waals surface area contributed by atoms with Crippen molar-refractivity contribution in [2.75, 3.05) is 0 Å². The minimum Gasteiger partial charge on any atom is -0.480 e. The van der Waals surface area contributed by atoms with Crippen LogP contribution in [0.3, 0.4) is 0 Å². The number of halogens is 1. The number of carbonyl (C=O) groups excluding carboxylic acids is 1. The van der Waals surface area contributed by atoms with Crippen molar-refractivity contribution < 1.29 is 19.1 Å². The van der Waals surface area contributed by atoms with Crippen molar-refractivity contribution in [3.63, 3.8) is 0 Å². The van der Waals surface area contributed by atoms with Crippen LogP contribution in [0.25, 0.3) is 10.6 Å². The average Bonchev–Trinajstić information content (AvgIpc) is 2.95. The van der Waals surface area contributed by atoms with E-state index in [9.17, 15) is 14.0 Å². The highest BCUT2D eigenvalue weighted by Gasteiger charge is 2.21. The molecule has 1 heterocycles. The minimum absolute atomic E-state index is 0.0135. The number of aromatic nitrogens is 1. The first-order valence-electron chi connectivity index (χ1n) is 7.57. The van der Waals surface area contributed by atoms with Crippen LogP contribution in [-0.2, 0) is 16.0 Å². The molecule has 0 unspecified atom stereocenters. The quantitative estimate of drug-likeness (QED) is 0.804. The molecule has 2 rings (SSSR count). The fraction of sp³-hybridized carbons (Fsp3) is 0.353. The maximum absolute atomic E-state index is 12.9. The lowest BCUT2D eigenvalue weighted by Crippen LogP contribution is -2.42. The average molecular weight is 350 g/mol. The van der Waals surface area contributed by atoms with Gasteiger partial charge < -0.3 is 10.4 Å². The highest BCUT2D eigenvalue weighted by Crippen LogP contribution is 2.24. The molecule has 7 heteroatoms. The third kappa shape index (κ3) is 5.13. The second kappa shape index (κ2) is 8.01. The van der Waals surface area contributed by atoms with E-state index in [0.717, 1.165) is 5.56 Å². The normalized spacial score (nSPS) is 12.2. The lowest BCUT2D eigenvalue weighted by atomic mass is 10.0. The number of amides is 1. The first-order valence-corrected chi connectivity index (χ1v) is 8.45. The maximum atomic E-state index is 12.9. The standard InChI is InChI=1S/C17H19FN2O3S/c1-10(2)7-14(17(22)23)20-15(21)8-13-9-24-16(19-13)11-3-5-12(18)6-4-11/h3-6,9-10,14H,7-8H2,1-2H3,(H,20,21)(H,22,23)/t14-/m0/s1. The summed E-state index contributed by atoms with van der Waals surface area (Å²) in [6.07, 6.45) is 0.387. The third-order valence-electron chi connectivity index (χ3n) is 3.33. The number of carbonyl (C=O) groups is 2. The Bertz CT molecular complexity index is 713. The molecule has 128 valence electrons. The van der Waals surface area contributed by atoms with Gasteiger partial charge in [-0.3, -0.25) is 4.79 Å². The largest absolute Gasteiger partial charge is 0.480 e. The number of aliphatic carboxylic acids is 1. The van der Waals surface area contributed by atoms with Gasteiger partial charge in [0.15, 0.2) is 0 Å². The van der Waals surface area contributed by atoms with Gasteiger partial charge in [0.25, 0.3) is 0 Å². The predicted octanol–water partition coefficient (Wildman–Crippen LogP) is 3.11. The molecule has 24 heavy (non-hydrogen) atoms. The Morgan fingerprint density at radius 3 is 2.54 bits per heavy atom. The molecule has 1 aromatic heterocycles. The van der Waals surface area contributed by atoms with Crippen LogP contribution in [0.15, 0.2) is 29.6 Å². The summed E-state index contributed by atoms with van der Waals surface area (Å²) in [6, 6.07) is 5.06. The number of thiazole rings is 1. The van der Waals surface area contributed by atoms with E-state index in [1.807, 2.05) is 13.8 Å². The molecule has 1 amide bonds. The van der Waals surface area contributed by atoms with Gasteiger partial charge in [0.05, 0.1) is 12.1 Å². The number of hydrogen-bond donors (Lipinski definition) is 2. The first-order chi connectivity index (χ1) is 11.3. The number of benzene rings is 1. The van der Waals surface area contributed by atoms with E-state index < -0.39 is 12.0 Å². The third-order valence-corrected chi connectivity index (χ3v) is 4.27. The lowest BCUT2D eigenvalue weighted by Gasteiger charge is -2.16. The highest BCUT2D eigenvalue weighted by molar-refractivity contribution is 7.13. The molecular weight excluding hydrogens is 331 g/mol. The molecule has 0 bridgehead atoms. The van der Waals surface area contributed by atoms with Crippen LogP contribution in [0, 0.1) is 11.7 Å². The number of nitrogens with zero attached hydrogens (tertiary/aromatic N) is 1. The van der Waals surface area contributed by atoms with Crippen molar-refractivity contribution in [3.8, 4) is 10.6 Å². The summed E-state index contributed by atoms with van der Waals surface area (Å²) in [6.45, 7) is 3.80. The van der Waals surface area contributed by atoms with Crippen molar-refractivity contribution in [2.45, 2.75) is 32.7 Å². The van der Waals surface area contributed by atoms with Gasteiger partial charge >= 0.3 is 5.97 Å². The van der Waals surface area contributed by atoms with Crippen LogP contribution in [0.2, 0.25) is 0 Å². The van der Waals surface area contributed by atoms with Crippen LogP contribution in [0.5, 0.6) is 0 Å². The summed E-state index contributed by atoms with van der Waals surface area (Å²) in [4.78, 5) is 27.6. The fourth-order valence-electron chi connectivity index (χ4n) is 2.22. The Morgan fingerprint density at radius 2 is 1.96 bits per heavy atom. The monoisotopic (exact) mass is 350 g/mol. The zero-order valence-electron chi connectivity index (χ0n) is 13.5. The Hall–Kier alpha value is -2.28. The molecule has 1 aromatic carbocycles. The van der Waals surface area contributed by atoms with E-state index in [4.69, 9.17) is 5.11 Å². The van der Waals surface area contributed by atoms with Crippen molar-refractivity contribution in [1.82, 2.24) is 10.3 Å². The molecule has 0 spiro atoms. The molecule has 0 radical (unpaired) electrons. The molecular formula is C17H19FN2O3S. The Labute approximate surface area is 143 Å². The van der Waals surface area contributed by atoms with E-state index in [2.05, 4.69) is 10.3 Å². The number of carboxylic acid groups (broad SMARTS) is 1. The predicted molar refractivity (Wildman–Crippen MR) is 90.2 cm³/mol. The van der Waals surface area contributed by atoms with E-state index in [1.165, 1.54) is 23.5 Å². The van der Waals surface area contributed by atoms with Gasteiger partial charge in [-0.15, -0.1) is 11.3 Å². The second-order valence-electron chi connectivity index (χ2n) is 5.92. The zero-order valence-corrected chi connectivity index (χ0v) is 14.3. The van der Waals surface area contributed by atoms with Gasteiger partial charge in [0.2, 0.25) is 5.91 Å². The molecule has 2 N–H and O–H groups in total. The summed E-state index contributed by atoms with van der Waals surface area (Å²) in [5.74, 6) is -1.57. The molecule has 0 saturated heterocycles. The number of carboxylic acids is 1. The molecule has 0 aliphatic heterocycles. The minimum atomic E-state index is -1.04. The molecule has 5 nitrogen and oxygen atoms in total. The van der Waals surface area contributed by atoms with E-state index in [0.29, 0.717) is 17.1 Å². The number of hydrogen-bond acceptors (Lipinski definition) is 4. The van der Waals surface area contributed by atoms with Gasteiger partial charge in [0.1, 0.15) is 16.9 Å². The Kier molecular flexibility index (Phi) is 6.03. The van der Waals surface area contributed by atoms with Gasteiger partial charge in [-0.25, -0.2) is 14.2 Å². The van der Waals surface area contributed by atoms with E-state index in [-0.39, 0.29) is 24.1 Å². The van der Waals surface area contributed by atoms with Gasteiger partial charge in [-0.1, -0.05) is 13.8 Å². The van der Waals surface area contributed by atoms with Crippen molar-refractivity contribution in [2.24, 2.45) is 5.92 Å². The number of nitrogens with one attached hydrogen (secondary N) is 1. The summed E-state index contributed by atoms with van der Waals surface area (Å²) in [5, 5.41) is 14.1. The Morgan fingerprint density at radius 1 is 1.29 bits per heavy atom. The first kappa shape index (κ1) is 18.1. The molecule has 0 aliphatic rings. The van der Waals surface area contributed by atoms with Gasteiger partial charge in [0, 0.05) is 10.9 Å². The topological polar surface area (TPSA) is 79.3 Å². The molecule has 2 aromatic rings. The van der Waals surface area contributed by atoms with E-state index in [1.54, 1.807) is 17.5 Å². The van der Waals surface area contributed by atoms with Gasteiger partial charge in [-0.05, 0) is 36.6 Å². The molecule has 0 saturated carbocycles. The summed E-state index contributed by atoms with van der Waals surface area (Å²) < 4.78 is 12.9. The van der Waals surface area contributed by atoms with Gasteiger partial charge in [-0.2, -0.15) is 0 Å². The van der Waals surface area contributed by atoms with Crippen molar-refractivity contribution >= 4 is 23.2 Å². The van der Waals surface area contributed by atoms with Crippen LogP contribution >= 0.6 is 11.3 Å². The molecule has 0 fully saturated rings. The maximum Gasteiger partial charge on any atom is 0.326 e. The van der Waals surface area contributed by atoms with Crippen LogP contribution in [0.4, 0.5) is 4.39 Å². The second-order valence-corrected chi connectivity index (χ2v) is 6.77. The van der Waals surface area contributed by atoms with Crippen LogP contribution in [-0.4, -0.2) is 28.0 Å².